The molecule has 1 saturated heterocycles. The van der Waals surface area contributed by atoms with Crippen molar-refractivity contribution in [2.24, 2.45) is 5.73 Å². The minimum Gasteiger partial charge on any atom is -0.319 e. The van der Waals surface area contributed by atoms with Crippen molar-refractivity contribution in [2.45, 2.75) is 12.5 Å². The van der Waals surface area contributed by atoms with Gasteiger partial charge in [-0.3, -0.25) is 0 Å². The van der Waals surface area contributed by atoms with Crippen molar-refractivity contribution in [3.8, 4) is 0 Å². The second kappa shape index (κ2) is 3.30. The van der Waals surface area contributed by atoms with Crippen molar-refractivity contribution in [2.75, 3.05) is 13.1 Å². The van der Waals surface area contributed by atoms with Gasteiger partial charge in [-0.1, -0.05) is 36.4 Å². The molecule has 1 heterocycles. The van der Waals surface area contributed by atoms with Crippen LogP contribution in [0.1, 0.15) is 11.1 Å². The molecule has 0 aliphatic carbocycles. The molecular formula is C14H16N2. The van der Waals surface area contributed by atoms with Gasteiger partial charge in [0.2, 0.25) is 0 Å². The van der Waals surface area contributed by atoms with Crippen molar-refractivity contribution in [1.82, 2.24) is 5.32 Å². The number of hydrogen-bond donors (Lipinski definition) is 2. The summed E-state index contributed by atoms with van der Waals surface area (Å²) in [5, 5.41) is 5.87. The highest BCUT2D eigenvalue weighted by Crippen LogP contribution is 2.31. The Morgan fingerprint density at radius 1 is 1.06 bits per heavy atom. The van der Waals surface area contributed by atoms with Gasteiger partial charge in [-0.2, -0.15) is 0 Å². The molecule has 0 bridgehead atoms. The molecule has 0 unspecified atom stereocenters. The first-order valence-electron chi connectivity index (χ1n) is 5.69. The summed E-state index contributed by atoms with van der Waals surface area (Å²) in [5.41, 5.74) is 8.79. The van der Waals surface area contributed by atoms with Crippen molar-refractivity contribution in [1.29, 1.82) is 0 Å². The molecule has 0 amide bonds. The Labute approximate surface area is 95.5 Å². The topological polar surface area (TPSA) is 38.0 Å². The van der Waals surface area contributed by atoms with E-state index >= 15 is 0 Å². The van der Waals surface area contributed by atoms with Crippen LogP contribution in [0.4, 0.5) is 0 Å². The molecule has 0 saturated carbocycles. The van der Waals surface area contributed by atoms with Gasteiger partial charge in [0.25, 0.3) is 0 Å². The number of benzene rings is 2. The molecule has 0 spiro atoms. The molecule has 0 atom stereocenters. The first-order chi connectivity index (χ1) is 7.71. The Morgan fingerprint density at radius 2 is 1.75 bits per heavy atom. The fourth-order valence-electron chi connectivity index (χ4n) is 2.47. The Balaban J connectivity index is 2.30. The van der Waals surface area contributed by atoms with Gasteiger partial charge in [-0.05, 0) is 28.8 Å². The third kappa shape index (κ3) is 1.27. The average molecular weight is 212 g/mol. The van der Waals surface area contributed by atoms with E-state index in [2.05, 4.69) is 48.6 Å². The van der Waals surface area contributed by atoms with Crippen molar-refractivity contribution < 1.29 is 0 Å². The van der Waals surface area contributed by atoms with Crippen LogP contribution in [-0.4, -0.2) is 13.1 Å². The van der Waals surface area contributed by atoms with Gasteiger partial charge in [-0.25, -0.2) is 0 Å². The van der Waals surface area contributed by atoms with Gasteiger partial charge in [0.1, 0.15) is 0 Å². The van der Waals surface area contributed by atoms with Gasteiger partial charge in [0.05, 0.1) is 5.54 Å². The maximum Gasteiger partial charge on any atom is 0.0668 e. The van der Waals surface area contributed by atoms with Crippen molar-refractivity contribution in [3.63, 3.8) is 0 Å². The lowest BCUT2D eigenvalue weighted by atomic mass is 9.82. The lowest BCUT2D eigenvalue weighted by molar-refractivity contribution is 0.289. The van der Waals surface area contributed by atoms with E-state index in [4.69, 9.17) is 5.73 Å². The third-order valence-electron chi connectivity index (χ3n) is 3.56. The van der Waals surface area contributed by atoms with Crippen LogP contribution in [0.15, 0.2) is 36.4 Å². The summed E-state index contributed by atoms with van der Waals surface area (Å²) in [6.07, 6.45) is 0. The molecule has 1 aliphatic heterocycles. The normalized spacial score (nSPS) is 18.4. The van der Waals surface area contributed by atoms with E-state index in [0.717, 1.165) is 13.1 Å². The molecule has 3 rings (SSSR count). The van der Waals surface area contributed by atoms with Crippen LogP contribution < -0.4 is 11.1 Å². The zero-order valence-corrected chi connectivity index (χ0v) is 9.46. The molecule has 0 radical (unpaired) electrons. The highest BCUT2D eigenvalue weighted by Gasteiger charge is 2.35. The third-order valence-corrected chi connectivity index (χ3v) is 3.56. The Hall–Kier alpha value is -1.38. The second-order valence-corrected chi connectivity index (χ2v) is 4.74. The van der Waals surface area contributed by atoms with Crippen LogP contribution >= 0.6 is 0 Å². The van der Waals surface area contributed by atoms with Gasteiger partial charge in [-0.15, -0.1) is 0 Å². The van der Waals surface area contributed by atoms with E-state index in [-0.39, 0.29) is 5.54 Å². The van der Waals surface area contributed by atoms with Crippen LogP contribution in [-0.2, 0) is 5.54 Å². The number of aryl methyl sites for hydroxylation is 1. The molecule has 0 aromatic heterocycles. The summed E-state index contributed by atoms with van der Waals surface area (Å²) in [5.74, 6) is 0. The van der Waals surface area contributed by atoms with Crippen molar-refractivity contribution in [3.05, 3.63) is 47.5 Å². The molecule has 2 aromatic carbocycles. The molecule has 2 nitrogen and oxygen atoms in total. The predicted octanol–water partition coefficient (Wildman–Crippen LogP) is 1.91. The number of nitrogens with two attached hydrogens (primary N) is 1. The van der Waals surface area contributed by atoms with Gasteiger partial charge in [0.15, 0.2) is 0 Å². The zero-order chi connectivity index (χ0) is 11.2. The maximum absolute atomic E-state index is 6.38. The Kier molecular flexibility index (Phi) is 2.03. The number of rotatable bonds is 1. The smallest absolute Gasteiger partial charge is 0.0668 e. The highest BCUT2D eigenvalue weighted by molar-refractivity contribution is 5.89. The predicted molar refractivity (Wildman–Crippen MR) is 67.4 cm³/mol. The van der Waals surface area contributed by atoms with E-state index in [9.17, 15) is 0 Å². The zero-order valence-electron chi connectivity index (χ0n) is 9.46. The average Bonchev–Trinajstić information content (AvgIpc) is 2.27. The summed E-state index contributed by atoms with van der Waals surface area (Å²) >= 11 is 0. The Morgan fingerprint density at radius 3 is 2.38 bits per heavy atom. The number of fused-ring (bicyclic) bond motifs is 1. The highest BCUT2D eigenvalue weighted by atomic mass is 15.1. The molecule has 1 aliphatic rings. The molecule has 16 heavy (non-hydrogen) atoms. The standard InChI is InChI=1S/C14H16N2/c1-10-6-7-13(14(15)8-16-9-14)12-5-3-2-4-11(10)12/h2-7,16H,8-9,15H2,1H3. The Bertz CT molecular complexity index is 541. The van der Waals surface area contributed by atoms with Crippen LogP contribution in [0.25, 0.3) is 10.8 Å². The fourth-order valence-corrected chi connectivity index (χ4v) is 2.47. The van der Waals surface area contributed by atoms with E-state index in [1.165, 1.54) is 21.9 Å². The first-order valence-corrected chi connectivity index (χ1v) is 5.69. The minimum absolute atomic E-state index is 0.173. The van der Waals surface area contributed by atoms with Crippen LogP contribution in [0.2, 0.25) is 0 Å². The van der Waals surface area contributed by atoms with Crippen LogP contribution in [0.3, 0.4) is 0 Å². The van der Waals surface area contributed by atoms with Crippen LogP contribution in [0.5, 0.6) is 0 Å². The van der Waals surface area contributed by atoms with Crippen molar-refractivity contribution >= 4 is 10.8 Å². The summed E-state index contributed by atoms with van der Waals surface area (Å²) in [6.45, 7) is 3.90. The minimum atomic E-state index is -0.173. The molecule has 3 N–H and O–H groups in total. The fraction of sp³-hybridized carbons (Fsp3) is 0.286. The second-order valence-electron chi connectivity index (χ2n) is 4.74. The monoisotopic (exact) mass is 212 g/mol. The van der Waals surface area contributed by atoms with Gasteiger partial charge >= 0.3 is 0 Å². The largest absolute Gasteiger partial charge is 0.319 e. The first kappa shape index (κ1) is 9.82. The van der Waals surface area contributed by atoms with E-state index in [1.54, 1.807) is 0 Å². The lowest BCUT2D eigenvalue weighted by Gasteiger charge is -2.40. The maximum atomic E-state index is 6.38. The summed E-state index contributed by atoms with van der Waals surface area (Å²) < 4.78 is 0. The van der Waals surface area contributed by atoms with E-state index < -0.39 is 0 Å². The van der Waals surface area contributed by atoms with E-state index in [1.807, 2.05) is 0 Å². The molecule has 2 aromatic rings. The SMILES string of the molecule is Cc1ccc(C2(N)CNC2)c2ccccc12. The van der Waals surface area contributed by atoms with E-state index in [0.29, 0.717) is 0 Å². The summed E-state index contributed by atoms with van der Waals surface area (Å²) in [4.78, 5) is 0. The van der Waals surface area contributed by atoms with Gasteiger partial charge < -0.3 is 11.1 Å². The summed E-state index contributed by atoms with van der Waals surface area (Å²) in [7, 11) is 0. The number of nitrogens with one attached hydrogen (secondary N) is 1. The lowest BCUT2D eigenvalue weighted by Crippen LogP contribution is -2.62. The van der Waals surface area contributed by atoms with Gasteiger partial charge in [0, 0.05) is 13.1 Å². The molecule has 82 valence electrons. The summed E-state index contributed by atoms with van der Waals surface area (Å²) in [6, 6.07) is 12.9. The van der Waals surface area contributed by atoms with Crippen LogP contribution in [0, 0.1) is 6.92 Å². The number of hydrogen-bond acceptors (Lipinski definition) is 2. The molecule has 1 fully saturated rings. The quantitative estimate of drug-likeness (QED) is 0.757. The molecular weight excluding hydrogens is 196 g/mol. The molecule has 2 heteroatoms.